The fourth-order valence-corrected chi connectivity index (χ4v) is 12.7. The first kappa shape index (κ1) is 49.1. The second-order valence-corrected chi connectivity index (χ2v) is 22.5. The molecule has 4 nitrogen and oxygen atoms in total. The summed E-state index contributed by atoms with van der Waals surface area (Å²) in [6.07, 6.45) is 0. The Hall–Kier alpha value is 2.72. The van der Waals surface area contributed by atoms with Crippen LogP contribution >= 0.6 is 255 Å². The van der Waals surface area contributed by atoms with Crippen molar-refractivity contribution in [2.45, 2.75) is 0 Å². The minimum atomic E-state index is -1.06. The Balaban J connectivity index is 0.000000218. The lowest BCUT2D eigenvalue weighted by molar-refractivity contribution is 0.0681. The molecule has 0 radical (unpaired) electrons. The van der Waals surface area contributed by atoms with Crippen molar-refractivity contribution in [3.05, 3.63) is 131 Å². The lowest BCUT2D eigenvalue weighted by Crippen LogP contribution is -1.99. The molecule has 0 aromatic heterocycles. The van der Waals surface area contributed by atoms with E-state index in [4.69, 9.17) is 10.2 Å². The van der Waals surface area contributed by atoms with Gasteiger partial charge in [0.15, 0.2) is 0 Å². The van der Waals surface area contributed by atoms with Gasteiger partial charge in [-0.05, 0) is 326 Å². The fraction of sp³-hybridized carbons (Fsp3) is 0. The maximum atomic E-state index is 10.3. The standard InChI is InChI=1S/2C12H2Br8.C8H6O4/c2*13-5-1-3(7(15)11(19)9(5)17)4-2-6(14)10(18)12(20)8(4)16;9-7(10)5-1-2-6(4-3-5)8(11)12/h2*1-2H;1-4H,(H,9,10)(H,11,12). The zero-order valence-electron chi connectivity index (χ0n) is 24.4. The predicted octanol–water partition coefficient (Wildman–Crippen LogP) is 20.0. The summed E-state index contributed by atoms with van der Waals surface area (Å²) in [4.78, 5) is 20.7. The summed E-state index contributed by atoms with van der Waals surface area (Å²) >= 11 is 57.3. The molecule has 0 fully saturated rings. The summed E-state index contributed by atoms with van der Waals surface area (Å²) in [6.45, 7) is 0. The molecule has 274 valence electrons. The number of hydrogen-bond acceptors (Lipinski definition) is 2. The van der Waals surface area contributed by atoms with Crippen molar-refractivity contribution >= 4 is 267 Å². The molecule has 0 aliphatic carbocycles. The van der Waals surface area contributed by atoms with Gasteiger partial charge >= 0.3 is 11.9 Å². The van der Waals surface area contributed by atoms with E-state index in [0.29, 0.717) is 0 Å². The second kappa shape index (κ2) is 21.8. The van der Waals surface area contributed by atoms with E-state index in [1.54, 1.807) is 0 Å². The highest BCUT2D eigenvalue weighted by Crippen LogP contribution is 2.50. The first-order chi connectivity index (χ1) is 24.1. The lowest BCUT2D eigenvalue weighted by atomic mass is 10.1. The maximum Gasteiger partial charge on any atom is 0.335 e. The Morgan fingerprint density at radius 2 is 0.481 bits per heavy atom. The van der Waals surface area contributed by atoms with Gasteiger partial charge in [-0.1, -0.05) is 0 Å². The number of carbonyl (C=O) groups is 2. The third-order valence-electron chi connectivity index (χ3n) is 6.37. The normalized spacial score (nSPS) is 10.6. The van der Waals surface area contributed by atoms with Crippen LogP contribution in [0.5, 0.6) is 0 Å². The van der Waals surface area contributed by atoms with E-state index in [1.165, 1.54) is 24.3 Å². The third kappa shape index (κ3) is 11.9. The van der Waals surface area contributed by atoms with Gasteiger partial charge in [0.05, 0.1) is 11.1 Å². The van der Waals surface area contributed by atoms with E-state index in [-0.39, 0.29) is 11.1 Å². The molecule has 0 atom stereocenters. The van der Waals surface area contributed by atoms with Crippen molar-refractivity contribution in [2.75, 3.05) is 0 Å². The summed E-state index contributed by atoms with van der Waals surface area (Å²) in [5.41, 5.74) is 4.42. The van der Waals surface area contributed by atoms with Gasteiger partial charge in [0, 0.05) is 71.6 Å². The van der Waals surface area contributed by atoms with E-state index in [0.717, 1.165) is 93.8 Å². The summed E-state index contributed by atoms with van der Waals surface area (Å²) in [5.74, 6) is -2.13. The smallest absolute Gasteiger partial charge is 0.335 e. The molecule has 20 heteroatoms. The number of carboxylic acid groups (broad SMARTS) is 2. The summed E-state index contributed by atoms with van der Waals surface area (Å²) in [5, 5.41) is 16.9. The molecule has 0 bridgehead atoms. The lowest BCUT2D eigenvalue weighted by Gasteiger charge is -2.14. The Labute approximate surface area is 432 Å². The van der Waals surface area contributed by atoms with E-state index >= 15 is 0 Å². The average molecular weight is 1740 g/mol. The molecule has 0 aliphatic heterocycles. The molecule has 0 amide bonds. The van der Waals surface area contributed by atoms with Crippen LogP contribution in [0.4, 0.5) is 0 Å². The number of carboxylic acids is 2. The molecule has 5 aromatic carbocycles. The van der Waals surface area contributed by atoms with Crippen LogP contribution in [0.2, 0.25) is 0 Å². The first-order valence-corrected chi connectivity index (χ1v) is 25.7. The SMILES string of the molecule is Brc1cc(-c2cc(Br)c(Br)c(Br)c2Br)c(Br)c(Br)c1Br.Brc1cc(-c2cc(Br)c(Br)c(Br)c2Br)c(Br)c(Br)c1Br.O=C(O)c1ccc(C(=O)O)cc1. The second-order valence-electron chi connectivity index (χ2n) is 9.58. The Kier molecular flexibility index (Phi) is 20.6. The molecule has 0 heterocycles. The van der Waals surface area contributed by atoms with Crippen LogP contribution in [-0.2, 0) is 0 Å². The largest absolute Gasteiger partial charge is 0.478 e. The van der Waals surface area contributed by atoms with Gasteiger partial charge < -0.3 is 10.2 Å². The molecule has 0 saturated carbocycles. The number of hydrogen-bond donors (Lipinski definition) is 2. The van der Waals surface area contributed by atoms with Crippen molar-refractivity contribution in [1.82, 2.24) is 0 Å². The average Bonchev–Trinajstić information content (AvgIpc) is 3.11. The number of aromatic carboxylic acids is 2. The number of halogens is 16. The van der Waals surface area contributed by atoms with Crippen LogP contribution < -0.4 is 0 Å². The fourth-order valence-electron chi connectivity index (χ4n) is 3.83. The minimum Gasteiger partial charge on any atom is -0.478 e. The molecule has 5 rings (SSSR count). The van der Waals surface area contributed by atoms with Crippen molar-refractivity contribution in [1.29, 1.82) is 0 Å². The van der Waals surface area contributed by atoms with Crippen LogP contribution in [0.25, 0.3) is 22.3 Å². The molecular formula is C32H10Br16O4. The minimum absolute atomic E-state index is 0.0833. The highest BCUT2D eigenvalue weighted by atomic mass is 79.9. The number of benzene rings is 5. The summed E-state index contributed by atoms with van der Waals surface area (Å²) < 4.78 is 15.6. The van der Waals surface area contributed by atoms with Crippen LogP contribution in [0, 0.1) is 0 Å². The van der Waals surface area contributed by atoms with Crippen LogP contribution in [0.3, 0.4) is 0 Å². The molecule has 5 aromatic rings. The zero-order valence-corrected chi connectivity index (χ0v) is 49.8. The Bertz CT molecular complexity index is 1940. The van der Waals surface area contributed by atoms with Crippen molar-refractivity contribution in [3.8, 4) is 22.3 Å². The summed E-state index contributed by atoms with van der Waals surface area (Å²) in [6, 6.07) is 13.3. The van der Waals surface area contributed by atoms with Crippen LogP contribution in [0.1, 0.15) is 20.7 Å². The van der Waals surface area contributed by atoms with Crippen molar-refractivity contribution < 1.29 is 19.8 Å². The predicted molar refractivity (Wildman–Crippen MR) is 267 cm³/mol. The van der Waals surface area contributed by atoms with Gasteiger partial charge in [-0.3, -0.25) is 0 Å². The topological polar surface area (TPSA) is 74.6 Å². The Morgan fingerprint density at radius 1 is 0.308 bits per heavy atom. The zero-order chi connectivity index (χ0) is 39.5. The highest BCUT2D eigenvalue weighted by Gasteiger charge is 2.20. The molecule has 52 heavy (non-hydrogen) atoms. The monoisotopic (exact) mass is 1720 g/mol. The molecule has 0 saturated heterocycles. The van der Waals surface area contributed by atoms with Crippen LogP contribution in [0.15, 0.2) is 120 Å². The maximum absolute atomic E-state index is 10.3. The summed E-state index contributed by atoms with van der Waals surface area (Å²) in [7, 11) is 0. The van der Waals surface area contributed by atoms with E-state index < -0.39 is 11.9 Å². The van der Waals surface area contributed by atoms with E-state index in [2.05, 4.69) is 279 Å². The van der Waals surface area contributed by atoms with Gasteiger partial charge in [-0.2, -0.15) is 0 Å². The van der Waals surface area contributed by atoms with E-state index in [9.17, 15) is 9.59 Å². The van der Waals surface area contributed by atoms with E-state index in [1.807, 2.05) is 0 Å². The molecule has 0 aliphatic rings. The first-order valence-electron chi connectivity index (χ1n) is 13.0. The van der Waals surface area contributed by atoms with Crippen LogP contribution in [-0.4, -0.2) is 22.2 Å². The number of rotatable bonds is 4. The third-order valence-corrected chi connectivity index (χ3v) is 25.0. The molecule has 2 N–H and O–H groups in total. The van der Waals surface area contributed by atoms with Gasteiger partial charge in [0.2, 0.25) is 0 Å². The van der Waals surface area contributed by atoms with Gasteiger partial charge in [0.25, 0.3) is 0 Å². The molecule has 0 unspecified atom stereocenters. The quantitative estimate of drug-likeness (QED) is 0.139. The van der Waals surface area contributed by atoms with Crippen molar-refractivity contribution in [2.24, 2.45) is 0 Å². The van der Waals surface area contributed by atoms with Gasteiger partial charge in [0.1, 0.15) is 0 Å². The van der Waals surface area contributed by atoms with Gasteiger partial charge in [-0.25, -0.2) is 9.59 Å². The molecular weight excluding hydrogens is 1730 g/mol. The van der Waals surface area contributed by atoms with Crippen molar-refractivity contribution in [3.63, 3.8) is 0 Å². The Morgan fingerprint density at radius 3 is 0.635 bits per heavy atom. The van der Waals surface area contributed by atoms with Gasteiger partial charge in [-0.15, -0.1) is 0 Å². The molecule has 0 spiro atoms. The highest BCUT2D eigenvalue weighted by molar-refractivity contribution is 9.17.